The van der Waals surface area contributed by atoms with Crippen LogP contribution in [0.25, 0.3) is 0 Å². The minimum absolute atomic E-state index is 0.112. The third kappa shape index (κ3) is 3.60. The van der Waals surface area contributed by atoms with E-state index in [9.17, 15) is 4.39 Å². The first-order chi connectivity index (χ1) is 9.65. The van der Waals surface area contributed by atoms with Gasteiger partial charge in [0.1, 0.15) is 5.82 Å². The number of rotatable bonds is 6. The summed E-state index contributed by atoms with van der Waals surface area (Å²) in [4.78, 5) is 0. The minimum Gasteiger partial charge on any atom is -0.310 e. The van der Waals surface area contributed by atoms with E-state index in [1.807, 2.05) is 6.07 Å². The monoisotopic (exact) mass is 277 g/mol. The van der Waals surface area contributed by atoms with Crippen molar-refractivity contribution in [3.63, 3.8) is 0 Å². The van der Waals surface area contributed by atoms with Crippen molar-refractivity contribution in [3.05, 3.63) is 35.1 Å². The van der Waals surface area contributed by atoms with Crippen LogP contribution in [0.4, 0.5) is 4.39 Å². The lowest BCUT2D eigenvalue weighted by atomic mass is 9.88. The quantitative estimate of drug-likeness (QED) is 0.771. The smallest absolute Gasteiger partial charge is 0.123 e. The predicted molar refractivity (Wildman–Crippen MR) is 83.3 cm³/mol. The Balaban J connectivity index is 2.20. The highest BCUT2D eigenvalue weighted by atomic mass is 19.1. The van der Waals surface area contributed by atoms with Crippen LogP contribution in [-0.2, 0) is 0 Å². The molecule has 1 aliphatic rings. The molecule has 1 nitrogen and oxygen atoms in total. The van der Waals surface area contributed by atoms with Gasteiger partial charge in [0.25, 0.3) is 0 Å². The first kappa shape index (κ1) is 15.5. The summed E-state index contributed by atoms with van der Waals surface area (Å²) in [5, 5.41) is 3.67. The zero-order valence-electron chi connectivity index (χ0n) is 13.1. The Kier molecular flexibility index (Phi) is 5.59. The third-order valence-corrected chi connectivity index (χ3v) is 4.82. The number of nitrogens with one attached hydrogen (secondary N) is 1. The van der Waals surface area contributed by atoms with Gasteiger partial charge < -0.3 is 5.32 Å². The first-order valence-electron chi connectivity index (χ1n) is 8.15. The molecule has 1 N–H and O–H groups in total. The zero-order valence-corrected chi connectivity index (χ0v) is 13.1. The van der Waals surface area contributed by atoms with Crippen LogP contribution >= 0.6 is 0 Å². The molecule has 1 aromatic rings. The summed E-state index contributed by atoms with van der Waals surface area (Å²) in [7, 11) is 0. The Morgan fingerprint density at radius 3 is 2.75 bits per heavy atom. The minimum atomic E-state index is -0.112. The van der Waals surface area contributed by atoms with Crippen LogP contribution in [0.1, 0.15) is 63.1 Å². The normalized spacial score (nSPS) is 24.0. The van der Waals surface area contributed by atoms with Gasteiger partial charge >= 0.3 is 0 Å². The van der Waals surface area contributed by atoms with Gasteiger partial charge in [-0.1, -0.05) is 32.8 Å². The maximum absolute atomic E-state index is 13.6. The molecular weight excluding hydrogens is 249 g/mol. The third-order valence-electron chi connectivity index (χ3n) is 4.82. The van der Waals surface area contributed by atoms with Crippen molar-refractivity contribution in [2.45, 2.75) is 58.9 Å². The largest absolute Gasteiger partial charge is 0.310 e. The maximum atomic E-state index is 13.6. The second-order valence-corrected chi connectivity index (χ2v) is 6.28. The molecule has 112 valence electrons. The van der Waals surface area contributed by atoms with Crippen LogP contribution in [0.5, 0.6) is 0 Å². The molecule has 0 spiro atoms. The summed E-state index contributed by atoms with van der Waals surface area (Å²) >= 11 is 0. The molecule has 1 fully saturated rings. The van der Waals surface area contributed by atoms with E-state index in [1.165, 1.54) is 36.8 Å². The van der Waals surface area contributed by atoms with Crippen molar-refractivity contribution in [3.8, 4) is 0 Å². The molecule has 0 saturated heterocycles. The van der Waals surface area contributed by atoms with Crippen LogP contribution in [0.15, 0.2) is 18.2 Å². The van der Waals surface area contributed by atoms with E-state index in [0.29, 0.717) is 12.0 Å². The highest BCUT2D eigenvalue weighted by Gasteiger charge is 2.31. The summed E-state index contributed by atoms with van der Waals surface area (Å²) in [6.45, 7) is 7.58. The lowest BCUT2D eigenvalue weighted by molar-refractivity contribution is 0.352. The number of hydrogen-bond acceptors (Lipinski definition) is 1. The maximum Gasteiger partial charge on any atom is 0.123 e. The molecule has 0 heterocycles. The van der Waals surface area contributed by atoms with Crippen molar-refractivity contribution < 1.29 is 4.39 Å². The Morgan fingerprint density at radius 2 is 2.10 bits per heavy atom. The molecule has 3 atom stereocenters. The summed E-state index contributed by atoms with van der Waals surface area (Å²) in [5.41, 5.74) is 2.38. The summed E-state index contributed by atoms with van der Waals surface area (Å²) < 4.78 is 13.6. The molecule has 1 aliphatic carbocycles. The van der Waals surface area contributed by atoms with E-state index in [1.54, 1.807) is 12.1 Å². The summed E-state index contributed by atoms with van der Waals surface area (Å²) in [5.74, 6) is 1.41. The Labute approximate surface area is 123 Å². The Morgan fingerprint density at radius 1 is 1.30 bits per heavy atom. The van der Waals surface area contributed by atoms with Crippen molar-refractivity contribution in [2.24, 2.45) is 11.8 Å². The average molecular weight is 277 g/mol. The number of aryl methyl sites for hydroxylation is 1. The molecule has 2 rings (SSSR count). The van der Waals surface area contributed by atoms with Gasteiger partial charge in [0.15, 0.2) is 0 Å². The van der Waals surface area contributed by atoms with E-state index in [2.05, 4.69) is 26.1 Å². The number of benzene rings is 1. The van der Waals surface area contributed by atoms with Gasteiger partial charge in [-0.2, -0.15) is 0 Å². The van der Waals surface area contributed by atoms with Crippen molar-refractivity contribution in [1.29, 1.82) is 0 Å². The lowest BCUT2D eigenvalue weighted by Gasteiger charge is -2.27. The lowest BCUT2D eigenvalue weighted by Crippen LogP contribution is -2.28. The highest BCUT2D eigenvalue weighted by Crippen LogP contribution is 2.41. The van der Waals surface area contributed by atoms with Crippen LogP contribution in [0.2, 0.25) is 0 Å². The van der Waals surface area contributed by atoms with Crippen LogP contribution in [0.3, 0.4) is 0 Å². The number of hydrogen-bond donors (Lipinski definition) is 1. The highest BCUT2D eigenvalue weighted by molar-refractivity contribution is 5.30. The van der Waals surface area contributed by atoms with Gasteiger partial charge in [0.05, 0.1) is 0 Å². The second-order valence-electron chi connectivity index (χ2n) is 6.28. The SMILES string of the molecule is CCCNC(c1cc(F)ccc1C)C1CCC(CC)C1. The molecule has 0 radical (unpaired) electrons. The molecule has 2 heteroatoms. The van der Waals surface area contributed by atoms with E-state index in [4.69, 9.17) is 0 Å². The molecular formula is C18H28FN. The molecule has 0 aliphatic heterocycles. The molecule has 0 bridgehead atoms. The number of halogens is 1. The van der Waals surface area contributed by atoms with Crippen LogP contribution < -0.4 is 5.32 Å². The van der Waals surface area contributed by atoms with E-state index < -0.39 is 0 Å². The first-order valence-corrected chi connectivity index (χ1v) is 8.15. The van der Waals surface area contributed by atoms with Gasteiger partial charge in [-0.25, -0.2) is 4.39 Å². The van der Waals surface area contributed by atoms with E-state index in [0.717, 1.165) is 18.9 Å². The molecule has 3 unspecified atom stereocenters. The van der Waals surface area contributed by atoms with Crippen molar-refractivity contribution >= 4 is 0 Å². The second kappa shape index (κ2) is 7.21. The fraction of sp³-hybridized carbons (Fsp3) is 0.667. The standard InChI is InChI=1S/C18H28FN/c1-4-10-20-18(15-8-7-14(5-2)11-15)17-12-16(19)9-6-13(17)3/h6,9,12,14-15,18,20H,4-5,7-8,10-11H2,1-3H3. The summed E-state index contributed by atoms with van der Waals surface area (Å²) in [6, 6.07) is 5.54. The molecule has 1 saturated carbocycles. The van der Waals surface area contributed by atoms with Gasteiger partial charge in [0.2, 0.25) is 0 Å². The fourth-order valence-electron chi connectivity index (χ4n) is 3.56. The van der Waals surface area contributed by atoms with Gasteiger partial charge in [-0.3, -0.25) is 0 Å². The van der Waals surface area contributed by atoms with Gasteiger partial charge in [0, 0.05) is 6.04 Å². The Hall–Kier alpha value is -0.890. The topological polar surface area (TPSA) is 12.0 Å². The van der Waals surface area contributed by atoms with Crippen molar-refractivity contribution in [1.82, 2.24) is 5.32 Å². The summed E-state index contributed by atoms with van der Waals surface area (Å²) in [6.07, 6.45) is 6.29. The van der Waals surface area contributed by atoms with Gasteiger partial charge in [-0.05, 0) is 67.8 Å². The predicted octanol–water partition coefficient (Wildman–Crippen LogP) is 5.00. The van der Waals surface area contributed by atoms with Gasteiger partial charge in [-0.15, -0.1) is 0 Å². The van der Waals surface area contributed by atoms with Crippen molar-refractivity contribution in [2.75, 3.05) is 6.54 Å². The molecule has 1 aromatic carbocycles. The van der Waals surface area contributed by atoms with E-state index >= 15 is 0 Å². The molecule has 20 heavy (non-hydrogen) atoms. The van der Waals surface area contributed by atoms with Crippen LogP contribution in [-0.4, -0.2) is 6.54 Å². The fourth-order valence-corrected chi connectivity index (χ4v) is 3.56. The molecule has 0 aromatic heterocycles. The van der Waals surface area contributed by atoms with E-state index in [-0.39, 0.29) is 5.82 Å². The van der Waals surface area contributed by atoms with Crippen LogP contribution in [0, 0.1) is 24.6 Å². The molecule has 0 amide bonds. The Bertz CT molecular complexity index is 429. The zero-order chi connectivity index (χ0) is 14.5. The average Bonchev–Trinajstić information content (AvgIpc) is 2.92.